The van der Waals surface area contributed by atoms with Crippen LogP contribution in [0.1, 0.15) is 32.6 Å². The SMILES string of the molecule is CC1CCC(NCCN(C)C)(C(N)=O)CC1. The van der Waals surface area contributed by atoms with Crippen LogP contribution in [-0.4, -0.2) is 43.5 Å². The van der Waals surface area contributed by atoms with Crippen LogP contribution >= 0.6 is 0 Å². The van der Waals surface area contributed by atoms with E-state index in [2.05, 4.69) is 17.1 Å². The highest BCUT2D eigenvalue weighted by Gasteiger charge is 2.38. The summed E-state index contributed by atoms with van der Waals surface area (Å²) in [5.41, 5.74) is 5.11. The Bertz CT molecular complexity index is 232. The maximum atomic E-state index is 11.6. The standard InChI is InChI=1S/C12H25N3O/c1-10-4-6-12(7-5-10,11(13)16)14-8-9-15(2)3/h10,14H,4-9H2,1-3H3,(H2,13,16). The summed E-state index contributed by atoms with van der Waals surface area (Å²) >= 11 is 0. The van der Waals surface area contributed by atoms with Gasteiger partial charge in [-0.1, -0.05) is 6.92 Å². The van der Waals surface area contributed by atoms with Crippen molar-refractivity contribution in [2.24, 2.45) is 11.7 Å². The van der Waals surface area contributed by atoms with Crippen molar-refractivity contribution >= 4 is 5.91 Å². The van der Waals surface area contributed by atoms with Crippen LogP contribution < -0.4 is 11.1 Å². The maximum Gasteiger partial charge on any atom is 0.237 e. The number of primary amides is 1. The molecular weight excluding hydrogens is 202 g/mol. The fourth-order valence-electron chi connectivity index (χ4n) is 2.28. The van der Waals surface area contributed by atoms with Crippen molar-refractivity contribution in [2.45, 2.75) is 38.1 Å². The minimum atomic E-state index is -0.442. The second kappa shape index (κ2) is 5.64. The first-order valence-electron chi connectivity index (χ1n) is 6.16. The van der Waals surface area contributed by atoms with Crippen LogP contribution in [0.5, 0.6) is 0 Å². The number of rotatable bonds is 5. The lowest BCUT2D eigenvalue weighted by molar-refractivity contribution is -0.126. The van der Waals surface area contributed by atoms with Gasteiger partial charge in [-0.15, -0.1) is 0 Å². The number of hydrogen-bond donors (Lipinski definition) is 2. The normalized spacial score (nSPS) is 30.6. The van der Waals surface area contributed by atoms with Crippen LogP contribution in [0, 0.1) is 5.92 Å². The lowest BCUT2D eigenvalue weighted by Gasteiger charge is -2.38. The molecule has 0 unspecified atom stereocenters. The fraction of sp³-hybridized carbons (Fsp3) is 0.917. The Morgan fingerprint density at radius 3 is 2.44 bits per heavy atom. The number of likely N-dealkylation sites (N-methyl/N-ethyl adjacent to an activating group) is 1. The minimum absolute atomic E-state index is 0.182. The van der Waals surface area contributed by atoms with Crippen LogP contribution in [0.3, 0.4) is 0 Å². The van der Waals surface area contributed by atoms with Gasteiger partial charge in [0.15, 0.2) is 0 Å². The number of amides is 1. The second-order valence-electron chi connectivity index (χ2n) is 5.36. The Balaban J connectivity index is 2.50. The van der Waals surface area contributed by atoms with E-state index in [0.29, 0.717) is 0 Å². The van der Waals surface area contributed by atoms with Crippen LogP contribution in [0.4, 0.5) is 0 Å². The van der Waals surface area contributed by atoms with Gasteiger partial charge in [0.2, 0.25) is 5.91 Å². The summed E-state index contributed by atoms with van der Waals surface area (Å²) in [7, 11) is 4.06. The van der Waals surface area contributed by atoms with Crippen molar-refractivity contribution in [3.05, 3.63) is 0 Å². The predicted octanol–water partition coefficient (Wildman–Crippen LogP) is 0.572. The molecule has 0 saturated heterocycles. The largest absolute Gasteiger partial charge is 0.368 e. The molecule has 1 aliphatic rings. The zero-order chi connectivity index (χ0) is 12.2. The Morgan fingerprint density at radius 1 is 1.44 bits per heavy atom. The Kier molecular flexibility index (Phi) is 4.74. The maximum absolute atomic E-state index is 11.6. The van der Waals surface area contributed by atoms with Gasteiger partial charge in [-0.25, -0.2) is 0 Å². The van der Waals surface area contributed by atoms with Gasteiger partial charge in [0, 0.05) is 13.1 Å². The molecule has 4 nitrogen and oxygen atoms in total. The minimum Gasteiger partial charge on any atom is -0.368 e. The third-order valence-electron chi connectivity index (χ3n) is 3.62. The molecule has 0 spiro atoms. The number of nitrogens with zero attached hydrogens (tertiary/aromatic N) is 1. The van der Waals surface area contributed by atoms with Crippen LogP contribution in [0.2, 0.25) is 0 Å². The molecule has 0 aromatic heterocycles. The van der Waals surface area contributed by atoms with E-state index in [1.165, 1.54) is 0 Å². The molecule has 1 fully saturated rings. The van der Waals surface area contributed by atoms with E-state index in [9.17, 15) is 4.79 Å². The van der Waals surface area contributed by atoms with E-state index in [-0.39, 0.29) is 5.91 Å². The fourth-order valence-corrected chi connectivity index (χ4v) is 2.28. The number of nitrogens with one attached hydrogen (secondary N) is 1. The van der Waals surface area contributed by atoms with E-state index in [1.807, 2.05) is 14.1 Å². The molecule has 0 aromatic carbocycles. The average Bonchev–Trinajstić information content (AvgIpc) is 2.20. The molecule has 4 heteroatoms. The van der Waals surface area contributed by atoms with E-state index in [1.54, 1.807) is 0 Å². The van der Waals surface area contributed by atoms with E-state index in [0.717, 1.165) is 44.7 Å². The average molecular weight is 227 g/mol. The van der Waals surface area contributed by atoms with Crippen LogP contribution in [-0.2, 0) is 4.79 Å². The molecular formula is C12H25N3O. The van der Waals surface area contributed by atoms with E-state index < -0.39 is 5.54 Å². The quantitative estimate of drug-likeness (QED) is 0.722. The molecule has 1 amide bonds. The Hall–Kier alpha value is -0.610. The lowest BCUT2D eigenvalue weighted by atomic mass is 9.76. The first-order chi connectivity index (χ1) is 7.46. The number of carbonyl (C=O) groups excluding carboxylic acids is 1. The predicted molar refractivity (Wildman–Crippen MR) is 66.1 cm³/mol. The highest BCUT2D eigenvalue weighted by molar-refractivity contribution is 5.84. The van der Waals surface area contributed by atoms with Crippen molar-refractivity contribution in [1.82, 2.24) is 10.2 Å². The molecule has 94 valence electrons. The summed E-state index contributed by atoms with van der Waals surface area (Å²) in [5, 5.41) is 3.37. The number of nitrogens with two attached hydrogens (primary N) is 1. The van der Waals surface area contributed by atoms with Gasteiger partial charge in [-0.2, -0.15) is 0 Å². The lowest BCUT2D eigenvalue weighted by Crippen LogP contribution is -2.58. The number of hydrogen-bond acceptors (Lipinski definition) is 3. The highest BCUT2D eigenvalue weighted by atomic mass is 16.1. The van der Waals surface area contributed by atoms with Crippen LogP contribution in [0.25, 0.3) is 0 Å². The summed E-state index contributed by atoms with van der Waals surface area (Å²) in [6.45, 7) is 4.00. The monoisotopic (exact) mass is 227 g/mol. The molecule has 0 aliphatic heterocycles. The van der Waals surface area contributed by atoms with Gasteiger partial charge in [0.1, 0.15) is 0 Å². The van der Waals surface area contributed by atoms with E-state index >= 15 is 0 Å². The molecule has 16 heavy (non-hydrogen) atoms. The van der Waals surface area contributed by atoms with Gasteiger partial charge >= 0.3 is 0 Å². The first-order valence-corrected chi connectivity index (χ1v) is 6.16. The zero-order valence-electron chi connectivity index (χ0n) is 10.8. The molecule has 1 aliphatic carbocycles. The van der Waals surface area contributed by atoms with Gasteiger partial charge in [0.25, 0.3) is 0 Å². The summed E-state index contributed by atoms with van der Waals surface area (Å²) < 4.78 is 0. The molecule has 0 heterocycles. The molecule has 1 saturated carbocycles. The van der Waals surface area contributed by atoms with Crippen molar-refractivity contribution in [1.29, 1.82) is 0 Å². The third kappa shape index (κ3) is 3.46. The van der Waals surface area contributed by atoms with Crippen LogP contribution in [0.15, 0.2) is 0 Å². The second-order valence-corrected chi connectivity index (χ2v) is 5.36. The van der Waals surface area contributed by atoms with Crippen molar-refractivity contribution in [3.8, 4) is 0 Å². The highest BCUT2D eigenvalue weighted by Crippen LogP contribution is 2.31. The molecule has 0 atom stereocenters. The topological polar surface area (TPSA) is 58.4 Å². The van der Waals surface area contributed by atoms with Gasteiger partial charge in [0.05, 0.1) is 5.54 Å². The smallest absolute Gasteiger partial charge is 0.237 e. The zero-order valence-corrected chi connectivity index (χ0v) is 10.8. The summed E-state index contributed by atoms with van der Waals surface area (Å²) in [6, 6.07) is 0. The van der Waals surface area contributed by atoms with Crippen molar-refractivity contribution < 1.29 is 4.79 Å². The Labute approximate surface area is 98.6 Å². The first kappa shape index (κ1) is 13.5. The Morgan fingerprint density at radius 2 is 2.00 bits per heavy atom. The van der Waals surface area contributed by atoms with Gasteiger partial charge in [-0.3, -0.25) is 4.79 Å². The van der Waals surface area contributed by atoms with Gasteiger partial charge < -0.3 is 16.0 Å². The molecule has 0 radical (unpaired) electrons. The van der Waals surface area contributed by atoms with Gasteiger partial charge in [-0.05, 0) is 45.7 Å². The summed E-state index contributed by atoms with van der Waals surface area (Å²) in [4.78, 5) is 13.7. The molecule has 0 aromatic rings. The van der Waals surface area contributed by atoms with E-state index in [4.69, 9.17) is 5.73 Å². The number of carbonyl (C=O) groups is 1. The summed E-state index contributed by atoms with van der Waals surface area (Å²) in [5.74, 6) is 0.543. The molecule has 0 bridgehead atoms. The van der Waals surface area contributed by atoms with Crippen molar-refractivity contribution in [3.63, 3.8) is 0 Å². The molecule has 3 N–H and O–H groups in total. The summed E-state index contributed by atoms with van der Waals surface area (Å²) in [6.07, 6.45) is 3.96. The van der Waals surface area contributed by atoms with Crippen molar-refractivity contribution in [2.75, 3.05) is 27.2 Å². The third-order valence-corrected chi connectivity index (χ3v) is 3.62. The molecule has 1 rings (SSSR count).